The van der Waals surface area contributed by atoms with E-state index in [9.17, 15) is 14.5 Å². The summed E-state index contributed by atoms with van der Waals surface area (Å²) in [4.78, 5) is 23.1. The summed E-state index contributed by atoms with van der Waals surface area (Å²) >= 11 is 0. The number of aryl methyl sites for hydroxylation is 1. The van der Waals surface area contributed by atoms with Crippen LogP contribution in [0.5, 0.6) is 0 Å². The second-order valence-corrected chi connectivity index (χ2v) is 6.10. The average Bonchev–Trinajstić information content (AvgIpc) is 2.61. The van der Waals surface area contributed by atoms with Crippen LogP contribution in [0.25, 0.3) is 0 Å². The Morgan fingerprint density at radius 1 is 1.25 bits per heavy atom. The molecule has 8 heteroatoms. The number of nitro groups is 1. The first-order valence-corrected chi connectivity index (χ1v) is 7.88. The number of aromatic nitrogens is 2. The van der Waals surface area contributed by atoms with Crippen molar-refractivity contribution in [1.29, 1.82) is 0 Å². The number of benzene rings is 1. The first kappa shape index (κ1) is 14.8. The number of nitro benzene ring substituents is 1. The van der Waals surface area contributed by atoms with Crippen molar-refractivity contribution in [3.63, 3.8) is 0 Å². The minimum Gasteiger partial charge on any atom is -0.365 e. The average molecular weight is 329 g/mol. The zero-order valence-electron chi connectivity index (χ0n) is 12.9. The van der Waals surface area contributed by atoms with Gasteiger partial charge in [0.05, 0.1) is 17.3 Å². The summed E-state index contributed by atoms with van der Waals surface area (Å²) in [5.41, 5.74) is 2.26. The summed E-state index contributed by atoms with van der Waals surface area (Å²) < 4.78 is 13.0. The molecular weight excluding hydrogens is 313 g/mol. The van der Waals surface area contributed by atoms with Gasteiger partial charge in [-0.2, -0.15) is 0 Å². The van der Waals surface area contributed by atoms with Gasteiger partial charge in [0.1, 0.15) is 0 Å². The molecular formula is C16H16FN5O2. The van der Waals surface area contributed by atoms with Gasteiger partial charge in [0.15, 0.2) is 5.82 Å². The number of piperazine rings is 1. The minimum absolute atomic E-state index is 0.144. The third kappa shape index (κ3) is 2.53. The van der Waals surface area contributed by atoms with Crippen LogP contribution in [0.3, 0.4) is 0 Å². The van der Waals surface area contributed by atoms with Gasteiger partial charge in [-0.3, -0.25) is 10.1 Å². The van der Waals surface area contributed by atoms with Crippen molar-refractivity contribution in [2.75, 3.05) is 29.4 Å². The quantitative estimate of drug-likeness (QED) is 0.621. The van der Waals surface area contributed by atoms with E-state index in [4.69, 9.17) is 0 Å². The smallest absolute Gasteiger partial charge is 0.269 e. The molecule has 3 heterocycles. The summed E-state index contributed by atoms with van der Waals surface area (Å²) in [5.74, 6) is 0.108. The van der Waals surface area contributed by atoms with E-state index in [0.717, 1.165) is 43.7 Å². The van der Waals surface area contributed by atoms with Crippen molar-refractivity contribution in [2.24, 2.45) is 0 Å². The molecule has 1 aromatic heterocycles. The van der Waals surface area contributed by atoms with Gasteiger partial charge < -0.3 is 9.80 Å². The highest BCUT2D eigenvalue weighted by atomic mass is 19.1. The van der Waals surface area contributed by atoms with E-state index in [0.29, 0.717) is 12.0 Å². The fourth-order valence-corrected chi connectivity index (χ4v) is 3.56. The van der Waals surface area contributed by atoms with E-state index >= 15 is 0 Å². The Morgan fingerprint density at radius 2 is 2.04 bits per heavy atom. The highest BCUT2D eigenvalue weighted by molar-refractivity contribution is 5.61. The van der Waals surface area contributed by atoms with Gasteiger partial charge in [-0.15, -0.1) is 0 Å². The molecule has 1 atom stereocenters. The molecule has 0 aliphatic carbocycles. The largest absolute Gasteiger partial charge is 0.365 e. The van der Waals surface area contributed by atoms with Crippen LogP contribution >= 0.6 is 0 Å². The van der Waals surface area contributed by atoms with Crippen LogP contribution in [0.4, 0.5) is 21.7 Å². The SMILES string of the molecule is O=[N+]([O-])c1ccc2c(c1)CCC1CN(c3ncc(F)cn3)CCN21. The molecule has 1 fully saturated rings. The van der Waals surface area contributed by atoms with Crippen molar-refractivity contribution in [2.45, 2.75) is 18.9 Å². The third-order valence-electron chi connectivity index (χ3n) is 4.70. The Labute approximate surface area is 137 Å². The first-order valence-electron chi connectivity index (χ1n) is 7.88. The summed E-state index contributed by atoms with van der Waals surface area (Å²) in [6, 6.07) is 5.41. The normalized spacial score (nSPS) is 19.6. The molecule has 0 spiro atoms. The lowest BCUT2D eigenvalue weighted by Crippen LogP contribution is -2.55. The van der Waals surface area contributed by atoms with Crippen molar-refractivity contribution < 1.29 is 9.31 Å². The van der Waals surface area contributed by atoms with Crippen LogP contribution in [0, 0.1) is 15.9 Å². The van der Waals surface area contributed by atoms with Crippen molar-refractivity contribution in [3.8, 4) is 0 Å². The maximum absolute atomic E-state index is 13.0. The standard InChI is InChI=1S/C16H16FN5O2/c17-12-8-18-16(19-9-12)20-5-6-21-14(10-20)2-1-11-7-13(22(23)24)3-4-15(11)21/h3-4,7-9,14H,1-2,5-6,10H2. The van der Waals surface area contributed by atoms with Crippen LogP contribution in [-0.4, -0.2) is 40.6 Å². The molecule has 2 aliphatic heterocycles. The molecule has 124 valence electrons. The number of non-ortho nitro benzene ring substituents is 1. The van der Waals surface area contributed by atoms with Gasteiger partial charge in [0, 0.05) is 43.5 Å². The van der Waals surface area contributed by atoms with Crippen molar-refractivity contribution >= 4 is 17.3 Å². The van der Waals surface area contributed by atoms with Gasteiger partial charge in [-0.1, -0.05) is 0 Å². The van der Waals surface area contributed by atoms with Gasteiger partial charge in [0.25, 0.3) is 5.69 Å². The van der Waals surface area contributed by atoms with Crippen LogP contribution in [0.15, 0.2) is 30.6 Å². The number of halogens is 1. The van der Waals surface area contributed by atoms with Crippen LogP contribution in [0.1, 0.15) is 12.0 Å². The maximum Gasteiger partial charge on any atom is 0.269 e. The molecule has 24 heavy (non-hydrogen) atoms. The molecule has 7 nitrogen and oxygen atoms in total. The predicted octanol–water partition coefficient (Wildman–Crippen LogP) is 2.17. The lowest BCUT2D eigenvalue weighted by Gasteiger charge is -2.46. The molecule has 0 N–H and O–H groups in total. The van der Waals surface area contributed by atoms with E-state index in [1.807, 2.05) is 6.07 Å². The first-order chi connectivity index (χ1) is 11.6. The molecule has 2 aliphatic rings. The van der Waals surface area contributed by atoms with Gasteiger partial charge >= 0.3 is 0 Å². The van der Waals surface area contributed by atoms with Gasteiger partial charge in [0.2, 0.25) is 5.95 Å². The summed E-state index contributed by atoms with van der Waals surface area (Å²) in [5, 5.41) is 10.9. The number of hydrogen-bond acceptors (Lipinski definition) is 6. The van der Waals surface area contributed by atoms with E-state index in [2.05, 4.69) is 19.8 Å². The van der Waals surface area contributed by atoms with Gasteiger partial charge in [-0.05, 0) is 24.5 Å². The van der Waals surface area contributed by atoms with E-state index in [-0.39, 0.29) is 10.6 Å². The Morgan fingerprint density at radius 3 is 2.79 bits per heavy atom. The zero-order chi connectivity index (χ0) is 16.7. The molecule has 0 bridgehead atoms. The molecule has 4 rings (SSSR count). The molecule has 2 aromatic rings. The number of rotatable bonds is 2. The summed E-state index contributed by atoms with van der Waals surface area (Å²) in [7, 11) is 0. The highest BCUT2D eigenvalue weighted by Crippen LogP contribution is 2.35. The maximum atomic E-state index is 13.0. The summed E-state index contributed by atoms with van der Waals surface area (Å²) in [6.45, 7) is 2.29. The number of fused-ring (bicyclic) bond motifs is 3. The van der Waals surface area contributed by atoms with Gasteiger partial charge in [-0.25, -0.2) is 14.4 Å². The van der Waals surface area contributed by atoms with Crippen molar-refractivity contribution in [3.05, 3.63) is 52.1 Å². The summed E-state index contributed by atoms with van der Waals surface area (Å²) in [6.07, 6.45) is 4.11. The van der Waals surface area contributed by atoms with Crippen molar-refractivity contribution in [1.82, 2.24) is 9.97 Å². The van der Waals surface area contributed by atoms with E-state index < -0.39 is 5.82 Å². The molecule has 0 amide bonds. The zero-order valence-corrected chi connectivity index (χ0v) is 12.9. The fraction of sp³-hybridized carbons (Fsp3) is 0.375. The van der Waals surface area contributed by atoms with Crippen LogP contribution in [-0.2, 0) is 6.42 Å². The number of anilines is 2. The molecule has 0 radical (unpaired) electrons. The van der Waals surface area contributed by atoms with E-state index in [1.54, 1.807) is 12.1 Å². The fourth-order valence-electron chi connectivity index (χ4n) is 3.56. The second kappa shape index (κ2) is 5.70. The highest BCUT2D eigenvalue weighted by Gasteiger charge is 2.33. The lowest BCUT2D eigenvalue weighted by atomic mass is 9.93. The minimum atomic E-state index is -0.439. The Bertz CT molecular complexity index is 783. The Kier molecular flexibility index (Phi) is 3.51. The topological polar surface area (TPSA) is 75.4 Å². The Hall–Kier alpha value is -2.77. The lowest BCUT2D eigenvalue weighted by molar-refractivity contribution is -0.384. The number of hydrogen-bond donors (Lipinski definition) is 0. The second-order valence-electron chi connectivity index (χ2n) is 6.10. The van der Waals surface area contributed by atoms with E-state index in [1.165, 1.54) is 12.4 Å². The van der Waals surface area contributed by atoms with Crippen LogP contribution < -0.4 is 9.80 Å². The number of nitrogens with zero attached hydrogens (tertiary/aromatic N) is 5. The third-order valence-corrected chi connectivity index (χ3v) is 4.70. The van der Waals surface area contributed by atoms with Crippen LogP contribution in [0.2, 0.25) is 0 Å². The molecule has 0 saturated carbocycles. The molecule has 1 saturated heterocycles. The molecule has 1 aromatic carbocycles. The Balaban J connectivity index is 1.55. The monoisotopic (exact) mass is 329 g/mol. The molecule has 1 unspecified atom stereocenters. The predicted molar refractivity (Wildman–Crippen MR) is 86.8 cm³/mol.